The van der Waals surface area contributed by atoms with E-state index in [1.807, 2.05) is 6.20 Å². The average molecular weight is 277 g/mol. The second-order valence-corrected chi connectivity index (χ2v) is 5.67. The van der Waals surface area contributed by atoms with Crippen LogP contribution < -0.4 is 5.32 Å². The molecule has 5 heteroatoms. The molecule has 0 spiro atoms. The summed E-state index contributed by atoms with van der Waals surface area (Å²) in [6.45, 7) is 6.00. The zero-order chi connectivity index (χ0) is 12.9. The van der Waals surface area contributed by atoms with Gasteiger partial charge in [-0.25, -0.2) is 4.98 Å². The van der Waals surface area contributed by atoms with E-state index in [2.05, 4.69) is 32.7 Å². The van der Waals surface area contributed by atoms with Crippen LogP contribution in [0.5, 0.6) is 0 Å². The van der Waals surface area contributed by atoms with E-state index in [1.54, 1.807) is 11.3 Å². The van der Waals surface area contributed by atoms with E-state index < -0.39 is 0 Å². The minimum absolute atomic E-state index is 0.878. The molecule has 0 bridgehead atoms. The van der Waals surface area contributed by atoms with Gasteiger partial charge in [-0.05, 0) is 30.5 Å². The number of hydrogen-bond acceptors (Lipinski definition) is 5. The molecule has 0 radical (unpaired) electrons. The van der Waals surface area contributed by atoms with Crippen molar-refractivity contribution in [3.63, 3.8) is 0 Å². The molecule has 0 atom stereocenters. The highest BCUT2D eigenvalue weighted by atomic mass is 32.1. The van der Waals surface area contributed by atoms with E-state index in [-0.39, 0.29) is 0 Å². The van der Waals surface area contributed by atoms with Crippen molar-refractivity contribution in [3.8, 4) is 0 Å². The first-order valence-corrected chi connectivity index (χ1v) is 7.67. The Morgan fingerprint density at radius 1 is 1.32 bits per heavy atom. The molecule has 1 saturated heterocycles. The summed E-state index contributed by atoms with van der Waals surface area (Å²) >= 11 is 1.76. The molecule has 1 fully saturated rings. The van der Waals surface area contributed by atoms with E-state index in [9.17, 15) is 0 Å². The molecule has 4 nitrogen and oxygen atoms in total. The molecule has 0 aromatic carbocycles. The lowest BCUT2D eigenvalue weighted by Gasteiger charge is -2.26. The fourth-order valence-corrected chi connectivity index (χ4v) is 3.15. The smallest absolute Gasteiger partial charge is 0.134 e. The van der Waals surface area contributed by atoms with Gasteiger partial charge in [-0.3, -0.25) is 4.90 Å². The number of aromatic nitrogens is 1. The lowest BCUT2D eigenvalue weighted by Crippen LogP contribution is -2.37. The van der Waals surface area contributed by atoms with Crippen molar-refractivity contribution in [1.29, 1.82) is 0 Å². The van der Waals surface area contributed by atoms with Crippen LogP contribution >= 0.6 is 11.3 Å². The van der Waals surface area contributed by atoms with Gasteiger partial charge in [0.05, 0.1) is 13.2 Å². The molecule has 102 valence electrons. The van der Waals surface area contributed by atoms with Gasteiger partial charge in [0, 0.05) is 35.9 Å². The van der Waals surface area contributed by atoms with Crippen molar-refractivity contribution in [1.82, 2.24) is 9.88 Å². The molecular weight excluding hydrogens is 258 g/mol. The molecule has 0 unspecified atom stereocenters. The van der Waals surface area contributed by atoms with Gasteiger partial charge >= 0.3 is 0 Å². The number of thiophene rings is 1. The van der Waals surface area contributed by atoms with Crippen LogP contribution in [0.25, 0.3) is 10.1 Å². The minimum atomic E-state index is 0.878. The summed E-state index contributed by atoms with van der Waals surface area (Å²) in [5, 5.41) is 6.80. The van der Waals surface area contributed by atoms with Gasteiger partial charge in [0.15, 0.2) is 0 Å². The van der Waals surface area contributed by atoms with Gasteiger partial charge in [0.2, 0.25) is 0 Å². The number of rotatable bonds is 5. The van der Waals surface area contributed by atoms with Crippen LogP contribution in [-0.4, -0.2) is 49.3 Å². The third-order valence-corrected chi connectivity index (χ3v) is 4.31. The molecule has 3 rings (SSSR count). The summed E-state index contributed by atoms with van der Waals surface area (Å²) in [5.74, 6) is 1.01. The van der Waals surface area contributed by atoms with Crippen LogP contribution in [0.2, 0.25) is 0 Å². The fourth-order valence-electron chi connectivity index (χ4n) is 2.37. The van der Waals surface area contributed by atoms with Crippen molar-refractivity contribution >= 4 is 27.2 Å². The lowest BCUT2D eigenvalue weighted by atomic mass is 10.3. The molecule has 1 N–H and O–H groups in total. The third-order valence-electron chi connectivity index (χ3n) is 3.43. The number of hydrogen-bond donors (Lipinski definition) is 1. The third kappa shape index (κ3) is 3.23. The Bertz CT molecular complexity index is 522. The first-order chi connectivity index (χ1) is 9.43. The summed E-state index contributed by atoms with van der Waals surface area (Å²) in [4.78, 5) is 6.89. The highest BCUT2D eigenvalue weighted by Crippen LogP contribution is 2.25. The Balaban J connectivity index is 1.48. The van der Waals surface area contributed by atoms with Crippen LogP contribution in [0.3, 0.4) is 0 Å². The Hall–Kier alpha value is -1.17. The zero-order valence-corrected chi connectivity index (χ0v) is 11.8. The van der Waals surface area contributed by atoms with E-state index in [4.69, 9.17) is 4.74 Å². The number of nitrogens with one attached hydrogen (secondary N) is 1. The highest BCUT2D eigenvalue weighted by molar-refractivity contribution is 7.17. The number of morpholine rings is 1. The Labute approximate surface area is 117 Å². The standard InChI is InChI=1S/C14H19N3OS/c1(6-17-7-9-18-10-8-17)4-15-14-12-3-11-19-13(12)2-5-16-14/h2-3,5,11H,1,4,6-10H2,(H,15,16). The maximum Gasteiger partial charge on any atom is 0.134 e. The monoisotopic (exact) mass is 277 g/mol. The maximum atomic E-state index is 5.35. The summed E-state index contributed by atoms with van der Waals surface area (Å²) in [5.41, 5.74) is 0. The van der Waals surface area contributed by atoms with Crippen molar-refractivity contribution in [2.45, 2.75) is 6.42 Å². The molecule has 3 heterocycles. The van der Waals surface area contributed by atoms with Crippen molar-refractivity contribution in [3.05, 3.63) is 23.7 Å². The van der Waals surface area contributed by atoms with Gasteiger partial charge in [0.1, 0.15) is 5.82 Å². The number of anilines is 1. The molecule has 0 saturated carbocycles. The number of ether oxygens (including phenoxy) is 1. The van der Waals surface area contributed by atoms with E-state index in [1.165, 1.54) is 10.1 Å². The van der Waals surface area contributed by atoms with Gasteiger partial charge in [-0.1, -0.05) is 0 Å². The predicted molar refractivity (Wildman–Crippen MR) is 80.0 cm³/mol. The highest BCUT2D eigenvalue weighted by Gasteiger charge is 2.09. The minimum Gasteiger partial charge on any atom is -0.379 e. The first-order valence-electron chi connectivity index (χ1n) is 6.80. The van der Waals surface area contributed by atoms with E-state index in [0.717, 1.165) is 51.6 Å². The molecule has 1 aliphatic rings. The van der Waals surface area contributed by atoms with Crippen molar-refractivity contribution in [2.75, 3.05) is 44.7 Å². The van der Waals surface area contributed by atoms with Gasteiger partial charge < -0.3 is 10.1 Å². The second-order valence-electron chi connectivity index (χ2n) is 4.73. The predicted octanol–water partition coefficient (Wildman–Crippen LogP) is 2.43. The van der Waals surface area contributed by atoms with Gasteiger partial charge in [-0.15, -0.1) is 11.3 Å². The molecule has 2 aromatic rings. The van der Waals surface area contributed by atoms with Crippen molar-refractivity contribution < 1.29 is 4.74 Å². The average Bonchev–Trinajstić information content (AvgIpc) is 2.94. The molecule has 19 heavy (non-hydrogen) atoms. The van der Waals surface area contributed by atoms with Crippen LogP contribution in [0, 0.1) is 0 Å². The molecule has 1 aliphatic heterocycles. The number of fused-ring (bicyclic) bond motifs is 1. The van der Waals surface area contributed by atoms with Crippen LogP contribution in [0.1, 0.15) is 6.42 Å². The van der Waals surface area contributed by atoms with E-state index in [0.29, 0.717) is 0 Å². The van der Waals surface area contributed by atoms with Gasteiger partial charge in [0.25, 0.3) is 0 Å². The summed E-state index contributed by atoms with van der Waals surface area (Å²) in [7, 11) is 0. The number of nitrogens with zero attached hydrogens (tertiary/aromatic N) is 2. The second kappa shape index (κ2) is 6.32. The van der Waals surface area contributed by atoms with Crippen molar-refractivity contribution in [2.24, 2.45) is 0 Å². The van der Waals surface area contributed by atoms with Crippen LogP contribution in [0.4, 0.5) is 5.82 Å². The molecule has 0 aliphatic carbocycles. The Morgan fingerprint density at radius 2 is 2.21 bits per heavy atom. The fraction of sp³-hybridized carbons (Fsp3) is 0.500. The Morgan fingerprint density at radius 3 is 3.11 bits per heavy atom. The largest absolute Gasteiger partial charge is 0.379 e. The normalized spacial score (nSPS) is 16.8. The Kier molecular flexibility index (Phi) is 4.27. The molecule has 0 amide bonds. The zero-order valence-electron chi connectivity index (χ0n) is 11.0. The lowest BCUT2D eigenvalue weighted by molar-refractivity contribution is 0.0378. The quantitative estimate of drug-likeness (QED) is 0.852. The molecule has 2 aromatic heterocycles. The molecular formula is C14H19N3OS. The van der Waals surface area contributed by atoms with Crippen LogP contribution in [0.15, 0.2) is 23.7 Å². The SMILES string of the molecule is c1cc2sccc2c(NCCCN2CCOCC2)n1. The topological polar surface area (TPSA) is 37.4 Å². The van der Waals surface area contributed by atoms with Crippen LogP contribution in [-0.2, 0) is 4.74 Å². The maximum absolute atomic E-state index is 5.35. The summed E-state index contributed by atoms with van der Waals surface area (Å²) < 4.78 is 6.65. The number of pyridine rings is 1. The summed E-state index contributed by atoms with van der Waals surface area (Å²) in [6, 6.07) is 4.20. The van der Waals surface area contributed by atoms with E-state index >= 15 is 0 Å². The summed E-state index contributed by atoms with van der Waals surface area (Å²) in [6.07, 6.45) is 3.02. The first kappa shape index (κ1) is 12.8. The van der Waals surface area contributed by atoms with Gasteiger partial charge in [-0.2, -0.15) is 0 Å².